The number of ether oxygens (including phenoxy) is 1. The first-order chi connectivity index (χ1) is 11.7. The molecule has 2 aliphatic heterocycles. The third-order valence-electron chi connectivity index (χ3n) is 5.86. The Morgan fingerprint density at radius 1 is 1.28 bits per heavy atom. The van der Waals surface area contributed by atoms with E-state index in [1.807, 2.05) is 0 Å². The zero-order valence-electron chi connectivity index (χ0n) is 15.4. The Labute approximate surface area is 157 Å². The predicted octanol–water partition coefficient (Wildman–Crippen LogP) is 3.08. The minimum absolute atomic E-state index is 0. The van der Waals surface area contributed by atoms with Crippen LogP contribution in [-0.2, 0) is 9.53 Å². The summed E-state index contributed by atoms with van der Waals surface area (Å²) in [7, 11) is 1.71. The Morgan fingerprint density at radius 3 is 2.56 bits per heavy atom. The van der Waals surface area contributed by atoms with Crippen LogP contribution in [0.15, 0.2) is 30.3 Å². The van der Waals surface area contributed by atoms with Crippen LogP contribution >= 0.6 is 12.4 Å². The Balaban J connectivity index is 0.00000225. The van der Waals surface area contributed by atoms with E-state index in [0.717, 1.165) is 45.4 Å². The molecule has 2 atom stereocenters. The summed E-state index contributed by atoms with van der Waals surface area (Å²) in [4.78, 5) is 15.4. The molecule has 4 nitrogen and oxygen atoms in total. The Kier molecular flexibility index (Phi) is 7.29. The van der Waals surface area contributed by atoms with Crippen LogP contribution in [0.25, 0.3) is 0 Å². The van der Waals surface area contributed by atoms with Gasteiger partial charge < -0.3 is 15.0 Å². The first-order valence-corrected chi connectivity index (χ1v) is 9.20. The smallest absolute Gasteiger partial charge is 0.231 e. The van der Waals surface area contributed by atoms with Crippen LogP contribution in [0.5, 0.6) is 0 Å². The highest BCUT2D eigenvalue weighted by Gasteiger charge is 2.43. The van der Waals surface area contributed by atoms with Gasteiger partial charge in [-0.15, -0.1) is 12.4 Å². The van der Waals surface area contributed by atoms with Crippen LogP contribution in [0.1, 0.15) is 37.7 Å². The maximum atomic E-state index is 13.3. The van der Waals surface area contributed by atoms with Crippen molar-refractivity contribution in [1.82, 2.24) is 10.2 Å². The molecule has 1 amide bonds. The highest BCUT2D eigenvalue weighted by Crippen LogP contribution is 2.37. The molecule has 25 heavy (non-hydrogen) atoms. The molecule has 2 aliphatic rings. The minimum atomic E-state index is -0.320. The third kappa shape index (κ3) is 4.36. The highest BCUT2D eigenvalue weighted by molar-refractivity contribution is 5.85. The zero-order valence-corrected chi connectivity index (χ0v) is 16.2. The highest BCUT2D eigenvalue weighted by atomic mass is 35.5. The molecule has 5 heteroatoms. The van der Waals surface area contributed by atoms with Crippen molar-refractivity contribution in [2.24, 2.45) is 11.3 Å². The number of carbonyl (C=O) groups excluding carboxylic acids is 1. The molecule has 2 fully saturated rings. The van der Waals surface area contributed by atoms with Crippen LogP contribution in [0.2, 0.25) is 0 Å². The molecular weight excluding hydrogens is 336 g/mol. The molecule has 140 valence electrons. The summed E-state index contributed by atoms with van der Waals surface area (Å²) in [5.74, 6) is 1.36. The molecule has 0 bridgehead atoms. The van der Waals surface area contributed by atoms with E-state index in [-0.39, 0.29) is 17.8 Å². The van der Waals surface area contributed by atoms with Gasteiger partial charge in [-0.3, -0.25) is 4.79 Å². The lowest BCUT2D eigenvalue weighted by Crippen LogP contribution is -2.54. The van der Waals surface area contributed by atoms with Crippen LogP contribution < -0.4 is 5.32 Å². The van der Waals surface area contributed by atoms with Crippen molar-refractivity contribution in [2.45, 2.75) is 32.1 Å². The average Bonchev–Trinajstić information content (AvgIpc) is 2.63. The molecule has 0 radical (unpaired) electrons. The van der Waals surface area contributed by atoms with E-state index < -0.39 is 0 Å². The van der Waals surface area contributed by atoms with Crippen LogP contribution in [0, 0.1) is 11.3 Å². The number of nitrogens with one attached hydrogen (secondary N) is 1. The average molecular weight is 367 g/mol. The van der Waals surface area contributed by atoms with Crippen molar-refractivity contribution in [3.05, 3.63) is 35.9 Å². The SMILES string of the molecule is COCC1(C(=O)N2CCC(c3ccccc3)C(C)C2)CCNCC1.Cl. The molecule has 0 spiro atoms. The number of benzene rings is 1. The van der Waals surface area contributed by atoms with E-state index in [1.54, 1.807) is 7.11 Å². The summed E-state index contributed by atoms with van der Waals surface area (Å²) < 4.78 is 5.44. The van der Waals surface area contributed by atoms with Gasteiger partial charge in [0.1, 0.15) is 0 Å². The number of likely N-dealkylation sites (tertiary alicyclic amines) is 1. The number of nitrogens with zero attached hydrogens (tertiary/aromatic N) is 1. The summed E-state index contributed by atoms with van der Waals surface area (Å²) in [6.07, 6.45) is 2.82. The maximum absolute atomic E-state index is 13.3. The van der Waals surface area contributed by atoms with Gasteiger partial charge >= 0.3 is 0 Å². The quantitative estimate of drug-likeness (QED) is 0.890. The van der Waals surface area contributed by atoms with E-state index in [0.29, 0.717) is 24.3 Å². The summed E-state index contributed by atoms with van der Waals surface area (Å²) in [6, 6.07) is 10.7. The largest absolute Gasteiger partial charge is 0.384 e. The summed E-state index contributed by atoms with van der Waals surface area (Å²) >= 11 is 0. The number of methoxy groups -OCH3 is 1. The standard InChI is InChI=1S/C20H30N2O2.ClH/c1-16-14-22(13-8-18(16)17-6-4-3-5-7-17)19(23)20(15-24-2)9-11-21-12-10-20;/h3-7,16,18,21H,8-15H2,1-2H3;1H. The molecular formula is C20H31ClN2O2. The second kappa shape index (κ2) is 9.02. The molecule has 0 aliphatic carbocycles. The second-order valence-electron chi connectivity index (χ2n) is 7.50. The van der Waals surface area contributed by atoms with Crippen molar-refractivity contribution < 1.29 is 9.53 Å². The first kappa shape index (κ1) is 20.2. The lowest BCUT2D eigenvalue weighted by atomic mass is 9.76. The minimum Gasteiger partial charge on any atom is -0.384 e. The number of rotatable bonds is 4. The maximum Gasteiger partial charge on any atom is 0.231 e. The van der Waals surface area contributed by atoms with E-state index in [9.17, 15) is 4.79 Å². The molecule has 1 aromatic carbocycles. The molecule has 1 N–H and O–H groups in total. The van der Waals surface area contributed by atoms with Gasteiger partial charge in [0.05, 0.1) is 12.0 Å². The number of halogens is 1. The van der Waals surface area contributed by atoms with Crippen LogP contribution in [0.4, 0.5) is 0 Å². The van der Waals surface area contributed by atoms with Gasteiger partial charge in [-0.1, -0.05) is 37.3 Å². The predicted molar refractivity (Wildman–Crippen MR) is 103 cm³/mol. The van der Waals surface area contributed by atoms with Gasteiger partial charge in [0.15, 0.2) is 0 Å². The fourth-order valence-corrected chi connectivity index (χ4v) is 4.46. The van der Waals surface area contributed by atoms with E-state index >= 15 is 0 Å². The van der Waals surface area contributed by atoms with Crippen molar-refractivity contribution in [3.8, 4) is 0 Å². The van der Waals surface area contributed by atoms with E-state index in [4.69, 9.17) is 4.74 Å². The second-order valence-corrected chi connectivity index (χ2v) is 7.50. The van der Waals surface area contributed by atoms with E-state index in [2.05, 4.69) is 47.5 Å². The van der Waals surface area contributed by atoms with Gasteiger partial charge in [-0.2, -0.15) is 0 Å². The molecule has 2 saturated heterocycles. The van der Waals surface area contributed by atoms with E-state index in [1.165, 1.54) is 5.56 Å². The monoisotopic (exact) mass is 366 g/mol. The van der Waals surface area contributed by atoms with Crippen molar-refractivity contribution in [2.75, 3.05) is 39.9 Å². The number of amides is 1. The molecule has 2 heterocycles. The van der Waals surface area contributed by atoms with Crippen molar-refractivity contribution >= 4 is 18.3 Å². The zero-order chi connectivity index (χ0) is 17.0. The Morgan fingerprint density at radius 2 is 1.96 bits per heavy atom. The summed E-state index contributed by atoms with van der Waals surface area (Å²) in [5.41, 5.74) is 1.09. The van der Waals surface area contributed by atoms with Gasteiger partial charge in [0.2, 0.25) is 5.91 Å². The first-order valence-electron chi connectivity index (χ1n) is 9.20. The number of hydrogen-bond donors (Lipinski definition) is 1. The summed E-state index contributed by atoms with van der Waals surface area (Å²) in [6.45, 7) is 6.36. The fourth-order valence-electron chi connectivity index (χ4n) is 4.46. The normalized spacial score (nSPS) is 25.9. The molecule has 3 rings (SSSR count). The molecule has 0 aromatic heterocycles. The number of piperidine rings is 2. The summed E-state index contributed by atoms with van der Waals surface area (Å²) in [5, 5.41) is 3.37. The molecule has 1 aromatic rings. The lowest BCUT2D eigenvalue weighted by Gasteiger charge is -2.44. The number of hydrogen-bond acceptors (Lipinski definition) is 3. The Hall–Kier alpha value is -1.10. The fraction of sp³-hybridized carbons (Fsp3) is 0.650. The number of carbonyl (C=O) groups is 1. The molecule has 0 saturated carbocycles. The van der Waals surface area contributed by atoms with Gasteiger partial charge in [-0.05, 0) is 49.8 Å². The third-order valence-corrected chi connectivity index (χ3v) is 5.86. The topological polar surface area (TPSA) is 41.6 Å². The van der Waals surface area contributed by atoms with Crippen LogP contribution in [0.3, 0.4) is 0 Å². The molecule has 2 unspecified atom stereocenters. The lowest BCUT2D eigenvalue weighted by molar-refractivity contribution is -0.149. The van der Waals surface area contributed by atoms with Gasteiger partial charge in [-0.25, -0.2) is 0 Å². The van der Waals surface area contributed by atoms with Gasteiger partial charge in [0.25, 0.3) is 0 Å². The van der Waals surface area contributed by atoms with Crippen LogP contribution in [-0.4, -0.2) is 50.7 Å². The Bertz CT molecular complexity index is 540. The van der Waals surface area contributed by atoms with Crippen molar-refractivity contribution in [1.29, 1.82) is 0 Å². The van der Waals surface area contributed by atoms with Gasteiger partial charge in [0, 0.05) is 20.2 Å². The van der Waals surface area contributed by atoms with Crippen molar-refractivity contribution in [3.63, 3.8) is 0 Å².